The van der Waals surface area contributed by atoms with E-state index in [1.165, 1.54) is 0 Å². The molecule has 3 aliphatic rings. The second-order valence-electron chi connectivity index (χ2n) is 9.93. The zero-order chi connectivity index (χ0) is 24.2. The molecule has 0 radical (unpaired) electrons. The first-order valence-electron chi connectivity index (χ1n) is 12.3. The summed E-state index contributed by atoms with van der Waals surface area (Å²) in [6, 6.07) is 4.14. The van der Waals surface area contributed by atoms with Crippen molar-refractivity contribution in [3.63, 3.8) is 0 Å². The summed E-state index contributed by atoms with van der Waals surface area (Å²) in [5.74, 6) is 0.568. The number of hydrogen-bond donors (Lipinski definition) is 1. The molecule has 0 spiro atoms. The SMILES string of the molecule is CC1=CC2=C(CNC(=O)c3cc(Cl)cc(OC4CCC(N(C)C)CC4)c3C/C=C/CC2)C(=O)C1. The van der Waals surface area contributed by atoms with Gasteiger partial charge in [0, 0.05) is 40.7 Å². The highest BCUT2D eigenvalue weighted by Crippen LogP contribution is 2.33. The number of nitrogens with zero attached hydrogens (tertiary/aromatic N) is 1. The Labute approximate surface area is 207 Å². The average Bonchev–Trinajstić information content (AvgIpc) is 2.78. The van der Waals surface area contributed by atoms with E-state index in [4.69, 9.17) is 16.3 Å². The van der Waals surface area contributed by atoms with E-state index in [0.717, 1.165) is 55.2 Å². The first kappa shape index (κ1) is 24.7. The standard InChI is InChI=1S/C28H35ClN2O3/c1-18-13-19-7-5-4-6-8-23-24(28(33)30-17-25(19)26(32)14-18)15-20(29)16-27(23)34-22-11-9-21(10-12-22)31(2)3/h4,6,13,15-16,21-22H,5,7-12,14,17H2,1-3H3,(H,30,33)/b6-4+. The van der Waals surface area contributed by atoms with E-state index in [2.05, 4.69) is 42.5 Å². The lowest BCUT2D eigenvalue weighted by molar-refractivity contribution is -0.115. The smallest absolute Gasteiger partial charge is 0.252 e. The molecule has 0 atom stereocenters. The zero-order valence-electron chi connectivity index (χ0n) is 20.5. The van der Waals surface area contributed by atoms with E-state index in [1.807, 2.05) is 13.0 Å². The number of nitrogens with one attached hydrogen (secondary N) is 1. The van der Waals surface area contributed by atoms with Crippen LogP contribution in [0, 0.1) is 0 Å². The van der Waals surface area contributed by atoms with Gasteiger partial charge in [-0.3, -0.25) is 9.59 Å². The number of benzene rings is 1. The molecule has 0 aromatic heterocycles. The van der Waals surface area contributed by atoms with Gasteiger partial charge in [0.05, 0.1) is 6.10 Å². The van der Waals surface area contributed by atoms with E-state index in [0.29, 0.717) is 40.8 Å². The summed E-state index contributed by atoms with van der Waals surface area (Å²) in [6.07, 6.45) is 13.3. The summed E-state index contributed by atoms with van der Waals surface area (Å²) in [6.45, 7) is 2.22. The van der Waals surface area contributed by atoms with Gasteiger partial charge in [-0.25, -0.2) is 0 Å². The van der Waals surface area contributed by atoms with Gasteiger partial charge in [0.1, 0.15) is 5.75 Å². The number of rotatable bonds is 3. The molecule has 1 fully saturated rings. The monoisotopic (exact) mass is 482 g/mol. The van der Waals surface area contributed by atoms with Crippen LogP contribution in [-0.2, 0) is 11.2 Å². The van der Waals surface area contributed by atoms with Gasteiger partial charge >= 0.3 is 0 Å². The summed E-state index contributed by atoms with van der Waals surface area (Å²) < 4.78 is 6.46. The Morgan fingerprint density at radius 1 is 1.09 bits per heavy atom. The number of allylic oxidation sites excluding steroid dienone is 5. The average molecular weight is 483 g/mol. The highest BCUT2D eigenvalue weighted by molar-refractivity contribution is 6.31. The number of ketones is 1. The minimum Gasteiger partial charge on any atom is -0.490 e. The van der Waals surface area contributed by atoms with Crippen LogP contribution in [0.4, 0.5) is 0 Å². The zero-order valence-corrected chi connectivity index (χ0v) is 21.2. The number of halogens is 1. The Kier molecular flexibility index (Phi) is 7.95. The Balaban J connectivity index is 1.60. The maximum atomic E-state index is 13.3. The number of hydrogen-bond acceptors (Lipinski definition) is 4. The molecule has 182 valence electrons. The van der Waals surface area contributed by atoms with Crippen molar-refractivity contribution in [1.82, 2.24) is 10.2 Å². The predicted molar refractivity (Wildman–Crippen MR) is 137 cm³/mol. The molecule has 1 saturated carbocycles. The van der Waals surface area contributed by atoms with Gasteiger partial charge in [0.2, 0.25) is 0 Å². The third kappa shape index (κ3) is 5.81. The molecule has 0 saturated heterocycles. The largest absolute Gasteiger partial charge is 0.490 e. The van der Waals surface area contributed by atoms with Crippen LogP contribution in [0.25, 0.3) is 0 Å². The molecule has 1 amide bonds. The van der Waals surface area contributed by atoms with Crippen LogP contribution in [0.1, 0.15) is 67.8 Å². The van der Waals surface area contributed by atoms with Crippen molar-refractivity contribution < 1.29 is 14.3 Å². The summed E-state index contributed by atoms with van der Waals surface area (Å²) in [7, 11) is 4.26. The molecule has 34 heavy (non-hydrogen) atoms. The summed E-state index contributed by atoms with van der Waals surface area (Å²) >= 11 is 6.45. The molecule has 0 unspecified atom stereocenters. The first-order valence-corrected chi connectivity index (χ1v) is 12.7. The van der Waals surface area contributed by atoms with Gasteiger partial charge in [0.15, 0.2) is 5.78 Å². The van der Waals surface area contributed by atoms with Crippen molar-refractivity contribution >= 4 is 23.3 Å². The molecule has 0 bridgehead atoms. The van der Waals surface area contributed by atoms with Crippen molar-refractivity contribution in [3.05, 3.63) is 63.2 Å². The second-order valence-corrected chi connectivity index (χ2v) is 10.4. The number of carbonyl (C=O) groups excluding carboxylic acids is 2. The highest BCUT2D eigenvalue weighted by Gasteiger charge is 2.26. The molecule has 1 N–H and O–H groups in total. The van der Waals surface area contributed by atoms with Gasteiger partial charge in [0.25, 0.3) is 5.91 Å². The molecular formula is C28H35ClN2O3. The van der Waals surface area contributed by atoms with E-state index >= 15 is 0 Å². The molecule has 4 rings (SSSR count). The quantitative estimate of drug-likeness (QED) is 0.583. The third-order valence-electron chi connectivity index (χ3n) is 7.16. The van der Waals surface area contributed by atoms with E-state index in [1.54, 1.807) is 6.07 Å². The van der Waals surface area contributed by atoms with Crippen LogP contribution in [-0.4, -0.2) is 49.4 Å². The number of fused-ring (bicyclic) bond motifs is 1. The molecule has 1 aromatic carbocycles. The fourth-order valence-electron chi connectivity index (χ4n) is 5.22. The van der Waals surface area contributed by atoms with Gasteiger partial charge in [-0.2, -0.15) is 0 Å². The molecule has 1 aliphatic heterocycles. The molecule has 1 heterocycles. The fourth-order valence-corrected chi connectivity index (χ4v) is 5.43. The van der Waals surface area contributed by atoms with Crippen LogP contribution in [0.5, 0.6) is 5.75 Å². The van der Waals surface area contributed by atoms with Crippen molar-refractivity contribution in [1.29, 1.82) is 0 Å². The van der Waals surface area contributed by atoms with Crippen molar-refractivity contribution in [2.45, 2.75) is 70.4 Å². The van der Waals surface area contributed by atoms with Gasteiger partial charge in [-0.05, 0) is 83.7 Å². The van der Waals surface area contributed by atoms with Crippen LogP contribution in [0.3, 0.4) is 0 Å². The van der Waals surface area contributed by atoms with Crippen LogP contribution < -0.4 is 10.1 Å². The van der Waals surface area contributed by atoms with Gasteiger partial charge < -0.3 is 15.0 Å². The van der Waals surface area contributed by atoms with E-state index in [-0.39, 0.29) is 24.3 Å². The van der Waals surface area contributed by atoms with Crippen molar-refractivity contribution in [2.24, 2.45) is 0 Å². The molecule has 1 aromatic rings. The minimum atomic E-state index is -0.224. The molecule has 6 heteroatoms. The van der Waals surface area contributed by atoms with Crippen LogP contribution in [0.2, 0.25) is 5.02 Å². The van der Waals surface area contributed by atoms with Crippen LogP contribution >= 0.6 is 11.6 Å². The molecule has 2 aliphatic carbocycles. The Bertz CT molecular complexity index is 1050. The first-order chi connectivity index (χ1) is 16.3. The second kappa shape index (κ2) is 10.9. The lowest BCUT2D eigenvalue weighted by atomic mass is 9.89. The van der Waals surface area contributed by atoms with Crippen molar-refractivity contribution in [2.75, 3.05) is 20.6 Å². The molecular weight excluding hydrogens is 448 g/mol. The summed E-state index contributed by atoms with van der Waals surface area (Å²) in [5.41, 5.74) is 4.19. The van der Waals surface area contributed by atoms with Gasteiger partial charge in [-0.1, -0.05) is 35.4 Å². The number of carbonyl (C=O) groups is 2. The summed E-state index contributed by atoms with van der Waals surface area (Å²) in [4.78, 5) is 28.3. The molecule has 5 nitrogen and oxygen atoms in total. The maximum absolute atomic E-state index is 13.3. The number of Topliss-reactive ketones (excluding diaryl/α,β-unsaturated/α-hetero) is 1. The number of ether oxygens (including phenoxy) is 1. The maximum Gasteiger partial charge on any atom is 0.252 e. The van der Waals surface area contributed by atoms with Crippen molar-refractivity contribution in [3.8, 4) is 5.75 Å². The van der Waals surface area contributed by atoms with Gasteiger partial charge in [-0.15, -0.1) is 0 Å². The minimum absolute atomic E-state index is 0.0972. The van der Waals surface area contributed by atoms with E-state index in [9.17, 15) is 9.59 Å². The van der Waals surface area contributed by atoms with E-state index < -0.39 is 0 Å². The van der Waals surface area contributed by atoms with Crippen LogP contribution in [0.15, 0.2) is 47.1 Å². The highest BCUT2D eigenvalue weighted by atomic mass is 35.5. The normalized spacial score (nSPS) is 24.9. The summed E-state index contributed by atoms with van der Waals surface area (Å²) in [5, 5.41) is 3.47. The Morgan fingerprint density at radius 3 is 2.59 bits per heavy atom. The third-order valence-corrected chi connectivity index (χ3v) is 7.38. The fraction of sp³-hybridized carbons (Fsp3) is 0.500. The lowest BCUT2D eigenvalue weighted by Crippen LogP contribution is -2.35. The topological polar surface area (TPSA) is 58.6 Å². The Morgan fingerprint density at radius 2 is 1.85 bits per heavy atom. The lowest BCUT2D eigenvalue weighted by Gasteiger charge is -2.33. The number of amides is 1. The predicted octanol–water partition coefficient (Wildman–Crippen LogP) is 5.43. The Hall–Kier alpha value is -2.37.